The topological polar surface area (TPSA) is 64.7 Å². The summed E-state index contributed by atoms with van der Waals surface area (Å²) < 4.78 is 3.62. The van der Waals surface area contributed by atoms with E-state index in [2.05, 4.69) is 15.4 Å². The van der Waals surface area contributed by atoms with Gasteiger partial charge in [-0.2, -0.15) is 5.10 Å². The Labute approximate surface area is 157 Å². The number of carbonyl (C=O) groups is 1. The fourth-order valence-corrected chi connectivity index (χ4v) is 3.23. The van der Waals surface area contributed by atoms with Gasteiger partial charge in [0.05, 0.1) is 5.39 Å². The molecule has 0 atom stereocenters. The first kappa shape index (κ1) is 17.0. The lowest BCUT2D eigenvalue weighted by Crippen LogP contribution is -2.20. The molecule has 6 heteroatoms. The third kappa shape index (κ3) is 3.33. The largest absolute Gasteiger partial charge is 0.324 e. The molecule has 27 heavy (non-hydrogen) atoms. The lowest BCUT2D eigenvalue weighted by Gasteiger charge is -2.07. The Morgan fingerprint density at radius 1 is 1.07 bits per heavy atom. The van der Waals surface area contributed by atoms with E-state index in [1.807, 2.05) is 80.2 Å². The summed E-state index contributed by atoms with van der Waals surface area (Å²) in [5.74, 6) is 0.645. The molecule has 0 saturated carbocycles. The lowest BCUT2D eigenvalue weighted by atomic mass is 10.2. The predicted molar refractivity (Wildman–Crippen MR) is 106 cm³/mol. The second-order valence-electron chi connectivity index (χ2n) is 6.76. The molecule has 0 aliphatic rings. The van der Waals surface area contributed by atoms with E-state index in [4.69, 9.17) is 0 Å². The third-order valence-electron chi connectivity index (χ3n) is 4.49. The summed E-state index contributed by atoms with van der Waals surface area (Å²) in [7, 11) is 0. The van der Waals surface area contributed by atoms with Crippen LogP contribution in [-0.4, -0.2) is 25.2 Å². The number of aromatic nitrogens is 4. The van der Waals surface area contributed by atoms with Gasteiger partial charge >= 0.3 is 0 Å². The van der Waals surface area contributed by atoms with Gasteiger partial charge in [-0.15, -0.1) is 0 Å². The molecule has 1 N–H and O–H groups in total. The number of hydrogen-bond donors (Lipinski definition) is 1. The van der Waals surface area contributed by atoms with Gasteiger partial charge in [-0.05, 0) is 56.7 Å². The highest BCUT2D eigenvalue weighted by Gasteiger charge is 2.17. The van der Waals surface area contributed by atoms with Crippen LogP contribution in [0.3, 0.4) is 0 Å². The summed E-state index contributed by atoms with van der Waals surface area (Å²) in [4.78, 5) is 17.2. The Balaban J connectivity index is 1.71. The van der Waals surface area contributed by atoms with Gasteiger partial charge in [-0.1, -0.05) is 17.7 Å². The molecule has 1 aromatic carbocycles. The molecule has 0 fully saturated rings. The molecule has 0 aliphatic heterocycles. The van der Waals surface area contributed by atoms with Crippen molar-refractivity contribution < 1.29 is 4.79 Å². The van der Waals surface area contributed by atoms with Gasteiger partial charge in [0.25, 0.3) is 0 Å². The number of carbonyl (C=O) groups excluding carboxylic acids is 1. The van der Waals surface area contributed by atoms with Crippen LogP contribution < -0.4 is 5.32 Å². The first-order valence-corrected chi connectivity index (χ1v) is 8.86. The molecular formula is C21H21N5O. The SMILES string of the molecule is Cc1ccc(NC(=O)Cn2nc(-n3cccc3)c3c(C)cc(C)nc32)cc1. The Kier molecular flexibility index (Phi) is 4.24. The van der Waals surface area contributed by atoms with Crippen molar-refractivity contribution in [2.75, 3.05) is 5.32 Å². The van der Waals surface area contributed by atoms with Gasteiger partial charge in [-0.25, -0.2) is 9.67 Å². The van der Waals surface area contributed by atoms with Crippen molar-refractivity contribution in [3.63, 3.8) is 0 Å². The van der Waals surface area contributed by atoms with Crippen LogP contribution in [-0.2, 0) is 11.3 Å². The quantitative estimate of drug-likeness (QED) is 0.603. The Morgan fingerprint density at radius 2 is 1.78 bits per heavy atom. The molecule has 0 spiro atoms. The van der Waals surface area contributed by atoms with E-state index in [0.717, 1.165) is 39.4 Å². The van der Waals surface area contributed by atoms with E-state index in [0.29, 0.717) is 0 Å². The van der Waals surface area contributed by atoms with E-state index in [-0.39, 0.29) is 12.5 Å². The minimum atomic E-state index is -0.136. The van der Waals surface area contributed by atoms with Crippen molar-refractivity contribution in [2.24, 2.45) is 0 Å². The van der Waals surface area contributed by atoms with Crippen molar-refractivity contribution >= 4 is 22.6 Å². The van der Waals surface area contributed by atoms with Crippen LogP contribution in [0.25, 0.3) is 16.9 Å². The number of anilines is 1. The maximum Gasteiger partial charge on any atom is 0.246 e. The van der Waals surface area contributed by atoms with E-state index in [1.54, 1.807) is 4.68 Å². The maximum atomic E-state index is 12.6. The van der Waals surface area contributed by atoms with Gasteiger partial charge in [0.2, 0.25) is 5.91 Å². The minimum Gasteiger partial charge on any atom is -0.324 e. The van der Waals surface area contributed by atoms with E-state index in [9.17, 15) is 4.79 Å². The number of nitrogens with zero attached hydrogens (tertiary/aromatic N) is 4. The molecule has 3 aromatic heterocycles. The first-order chi connectivity index (χ1) is 13.0. The van der Waals surface area contributed by atoms with Gasteiger partial charge in [-0.3, -0.25) is 4.79 Å². The Morgan fingerprint density at radius 3 is 2.48 bits per heavy atom. The maximum absolute atomic E-state index is 12.6. The average molecular weight is 359 g/mol. The summed E-state index contributed by atoms with van der Waals surface area (Å²) in [6.45, 7) is 6.11. The highest BCUT2D eigenvalue weighted by Crippen LogP contribution is 2.25. The van der Waals surface area contributed by atoms with E-state index in [1.165, 1.54) is 0 Å². The zero-order valence-electron chi connectivity index (χ0n) is 15.6. The zero-order valence-corrected chi connectivity index (χ0v) is 15.6. The number of fused-ring (bicyclic) bond motifs is 1. The van der Waals surface area contributed by atoms with Crippen LogP contribution in [0, 0.1) is 20.8 Å². The summed E-state index contributed by atoms with van der Waals surface area (Å²) in [5, 5.41) is 8.57. The number of rotatable bonds is 4. The number of amides is 1. The number of pyridine rings is 1. The van der Waals surface area contributed by atoms with Gasteiger partial charge < -0.3 is 9.88 Å². The van der Waals surface area contributed by atoms with Gasteiger partial charge in [0.1, 0.15) is 6.54 Å². The lowest BCUT2D eigenvalue weighted by molar-refractivity contribution is -0.116. The van der Waals surface area contributed by atoms with Crippen molar-refractivity contribution in [3.05, 3.63) is 71.7 Å². The fraction of sp³-hybridized carbons (Fsp3) is 0.190. The molecule has 0 bridgehead atoms. The summed E-state index contributed by atoms with van der Waals surface area (Å²) >= 11 is 0. The molecule has 4 rings (SSSR count). The number of nitrogens with one attached hydrogen (secondary N) is 1. The smallest absolute Gasteiger partial charge is 0.246 e. The molecule has 6 nitrogen and oxygen atoms in total. The van der Waals surface area contributed by atoms with Crippen LogP contribution >= 0.6 is 0 Å². The molecule has 0 aliphatic carbocycles. The molecule has 1 amide bonds. The molecular weight excluding hydrogens is 338 g/mol. The van der Waals surface area contributed by atoms with Crippen LogP contribution in [0.1, 0.15) is 16.8 Å². The predicted octanol–water partition coefficient (Wildman–Crippen LogP) is 3.79. The summed E-state index contributed by atoms with van der Waals surface area (Å²) in [6, 6.07) is 13.7. The molecule has 0 unspecified atom stereocenters. The van der Waals surface area contributed by atoms with Crippen molar-refractivity contribution in [3.8, 4) is 5.82 Å². The zero-order chi connectivity index (χ0) is 19.0. The number of hydrogen-bond acceptors (Lipinski definition) is 3. The monoisotopic (exact) mass is 359 g/mol. The summed E-state index contributed by atoms with van der Waals surface area (Å²) in [6.07, 6.45) is 3.88. The second kappa shape index (κ2) is 6.72. The van der Waals surface area contributed by atoms with Crippen LogP contribution in [0.2, 0.25) is 0 Å². The van der Waals surface area contributed by atoms with Crippen molar-refractivity contribution in [2.45, 2.75) is 27.3 Å². The molecule has 0 saturated heterocycles. The second-order valence-corrected chi connectivity index (χ2v) is 6.76. The van der Waals surface area contributed by atoms with Crippen molar-refractivity contribution in [1.29, 1.82) is 0 Å². The van der Waals surface area contributed by atoms with Crippen molar-refractivity contribution in [1.82, 2.24) is 19.3 Å². The molecule has 4 aromatic rings. The molecule has 136 valence electrons. The highest BCUT2D eigenvalue weighted by atomic mass is 16.2. The normalized spacial score (nSPS) is 11.1. The minimum absolute atomic E-state index is 0.0987. The Bertz CT molecular complexity index is 1110. The van der Waals surface area contributed by atoms with Crippen LogP contribution in [0.15, 0.2) is 54.9 Å². The van der Waals surface area contributed by atoms with Gasteiger partial charge in [0, 0.05) is 23.8 Å². The number of benzene rings is 1. The van der Waals surface area contributed by atoms with Crippen LogP contribution in [0.5, 0.6) is 0 Å². The van der Waals surface area contributed by atoms with E-state index < -0.39 is 0 Å². The first-order valence-electron chi connectivity index (χ1n) is 8.86. The number of aryl methyl sites for hydroxylation is 3. The standard InChI is InChI=1S/C21H21N5O/c1-14-6-8-17(9-7-14)23-18(27)13-26-20-19(15(2)12-16(3)22-20)21(24-26)25-10-4-5-11-25/h4-12H,13H2,1-3H3,(H,23,27). The highest BCUT2D eigenvalue weighted by molar-refractivity contribution is 5.93. The average Bonchev–Trinajstić information content (AvgIpc) is 3.25. The third-order valence-corrected chi connectivity index (χ3v) is 4.49. The molecule has 3 heterocycles. The van der Waals surface area contributed by atoms with E-state index >= 15 is 0 Å². The summed E-state index contributed by atoms with van der Waals surface area (Å²) in [5.41, 5.74) is 4.63. The molecule has 0 radical (unpaired) electrons. The fourth-order valence-electron chi connectivity index (χ4n) is 3.23. The van der Waals surface area contributed by atoms with Gasteiger partial charge in [0.15, 0.2) is 11.5 Å². The Hall–Kier alpha value is -3.41. The van der Waals surface area contributed by atoms with Crippen LogP contribution in [0.4, 0.5) is 5.69 Å².